The summed E-state index contributed by atoms with van der Waals surface area (Å²) in [6, 6.07) is 6.50. The summed E-state index contributed by atoms with van der Waals surface area (Å²) < 4.78 is 5.40. The maximum Gasteiger partial charge on any atom is 0.196 e. The highest BCUT2D eigenvalue weighted by Gasteiger charge is 2.18. The molecular formula is C17H16ClN5S2. The Morgan fingerprint density at radius 2 is 2.32 bits per heavy atom. The second-order valence-electron chi connectivity index (χ2n) is 6.30. The average molecular weight is 390 g/mol. The maximum atomic E-state index is 6.26. The van der Waals surface area contributed by atoms with Gasteiger partial charge >= 0.3 is 0 Å². The predicted molar refractivity (Wildman–Crippen MR) is 106 cm³/mol. The van der Waals surface area contributed by atoms with Crippen molar-refractivity contribution >= 4 is 56.4 Å². The Balaban J connectivity index is 1.43. The van der Waals surface area contributed by atoms with Gasteiger partial charge in [-0.05, 0) is 31.2 Å². The summed E-state index contributed by atoms with van der Waals surface area (Å²) in [5.74, 6) is 0. The third kappa shape index (κ3) is 2.62. The normalized spacial score (nSPS) is 15.1. The molecule has 8 heteroatoms. The Bertz CT molecular complexity index is 1080. The van der Waals surface area contributed by atoms with Gasteiger partial charge in [-0.25, -0.2) is 4.98 Å². The molecule has 0 amide bonds. The number of aromatic amines is 1. The van der Waals surface area contributed by atoms with Gasteiger partial charge < -0.3 is 14.6 Å². The molecule has 0 radical (unpaired) electrons. The number of fused-ring (bicyclic) bond motifs is 4. The number of rotatable bonds is 3. The minimum atomic E-state index is 0.531. The molecule has 128 valence electrons. The minimum Gasteiger partial charge on any atom is -0.357 e. The van der Waals surface area contributed by atoms with Gasteiger partial charge in [-0.2, -0.15) is 0 Å². The van der Waals surface area contributed by atoms with E-state index in [1.165, 1.54) is 34.1 Å². The zero-order chi connectivity index (χ0) is 17.0. The summed E-state index contributed by atoms with van der Waals surface area (Å²) in [6.45, 7) is 2.11. The van der Waals surface area contributed by atoms with Crippen molar-refractivity contribution in [2.75, 3.05) is 18.3 Å². The van der Waals surface area contributed by atoms with Crippen LogP contribution in [0.15, 0.2) is 34.8 Å². The second-order valence-corrected chi connectivity index (χ2v) is 8.32. The summed E-state index contributed by atoms with van der Waals surface area (Å²) in [4.78, 5) is 11.2. The van der Waals surface area contributed by atoms with Crippen LogP contribution in [-0.4, -0.2) is 32.9 Å². The molecule has 4 heterocycles. The van der Waals surface area contributed by atoms with Crippen molar-refractivity contribution in [3.63, 3.8) is 0 Å². The first-order valence-corrected chi connectivity index (χ1v) is 10.1. The highest BCUT2D eigenvalue weighted by atomic mass is 35.5. The van der Waals surface area contributed by atoms with Crippen molar-refractivity contribution in [3.8, 4) is 0 Å². The molecule has 3 aromatic heterocycles. The standard InChI is InChI=1S/C17H16ClN5S2/c1-22-5-4-12-11-3-2-10(8-13(11)19-14(12)9-22)21-25-16-15(18)20-17-23(16)6-7-24-17/h2-3,6-8,19,21H,4-5,9H2,1H3. The number of halogens is 1. The molecule has 0 saturated carbocycles. The summed E-state index contributed by atoms with van der Waals surface area (Å²) in [6.07, 6.45) is 3.09. The van der Waals surface area contributed by atoms with Crippen LogP contribution < -0.4 is 4.72 Å². The van der Waals surface area contributed by atoms with Gasteiger partial charge in [0.2, 0.25) is 0 Å². The van der Waals surface area contributed by atoms with Gasteiger partial charge in [0.05, 0.1) is 0 Å². The first-order valence-electron chi connectivity index (χ1n) is 8.05. The molecule has 0 saturated heterocycles. The van der Waals surface area contributed by atoms with Gasteiger partial charge in [0, 0.05) is 58.9 Å². The smallest absolute Gasteiger partial charge is 0.196 e. The molecule has 1 aromatic carbocycles. The Morgan fingerprint density at radius 1 is 1.40 bits per heavy atom. The first-order chi connectivity index (χ1) is 12.2. The molecule has 0 aliphatic carbocycles. The number of nitrogens with zero attached hydrogens (tertiary/aromatic N) is 3. The minimum absolute atomic E-state index is 0.531. The molecule has 2 N–H and O–H groups in total. The van der Waals surface area contributed by atoms with Crippen LogP contribution in [0.3, 0.4) is 0 Å². The van der Waals surface area contributed by atoms with Gasteiger partial charge in [-0.1, -0.05) is 17.7 Å². The molecule has 0 unspecified atom stereocenters. The lowest BCUT2D eigenvalue weighted by Gasteiger charge is -2.22. The van der Waals surface area contributed by atoms with Gasteiger partial charge in [0.15, 0.2) is 10.1 Å². The monoisotopic (exact) mass is 389 g/mol. The van der Waals surface area contributed by atoms with Gasteiger partial charge in [-0.3, -0.25) is 4.40 Å². The molecule has 0 fully saturated rings. The number of thiazole rings is 1. The molecule has 4 aromatic rings. The SMILES string of the molecule is CN1CCc2c([nH]c3cc(NSc4c(Cl)nc5sccn45)ccc23)C1. The van der Waals surface area contributed by atoms with E-state index >= 15 is 0 Å². The fraction of sp³-hybridized carbons (Fsp3) is 0.235. The highest BCUT2D eigenvalue weighted by molar-refractivity contribution is 8.00. The average Bonchev–Trinajstić information content (AvgIpc) is 3.25. The fourth-order valence-corrected chi connectivity index (χ4v) is 5.21. The fourth-order valence-electron chi connectivity index (χ4n) is 3.38. The van der Waals surface area contributed by atoms with Crippen LogP contribution in [0.5, 0.6) is 0 Å². The number of aromatic nitrogens is 3. The quantitative estimate of drug-likeness (QED) is 0.501. The van der Waals surface area contributed by atoms with Gasteiger partial charge in [0.25, 0.3) is 0 Å². The number of benzene rings is 1. The summed E-state index contributed by atoms with van der Waals surface area (Å²) in [7, 11) is 2.17. The van der Waals surface area contributed by atoms with Crippen LogP contribution in [0, 0.1) is 0 Å². The van der Waals surface area contributed by atoms with E-state index in [1.807, 2.05) is 16.0 Å². The highest BCUT2D eigenvalue weighted by Crippen LogP contribution is 2.33. The van der Waals surface area contributed by atoms with Gasteiger partial charge in [-0.15, -0.1) is 11.3 Å². The van der Waals surface area contributed by atoms with Crippen molar-refractivity contribution in [2.24, 2.45) is 0 Å². The van der Waals surface area contributed by atoms with Crippen LogP contribution >= 0.6 is 34.9 Å². The van der Waals surface area contributed by atoms with E-state index in [0.717, 1.165) is 35.2 Å². The van der Waals surface area contributed by atoms with Crippen molar-refractivity contribution in [3.05, 3.63) is 46.2 Å². The van der Waals surface area contributed by atoms with E-state index in [2.05, 4.69) is 44.8 Å². The summed E-state index contributed by atoms with van der Waals surface area (Å²) in [5, 5.41) is 4.78. The van der Waals surface area contributed by atoms with E-state index < -0.39 is 0 Å². The Morgan fingerprint density at radius 3 is 3.24 bits per heavy atom. The molecule has 0 atom stereocenters. The number of likely N-dealkylation sites (N-methyl/N-ethyl adjacent to an activating group) is 1. The number of nitrogens with one attached hydrogen (secondary N) is 2. The first kappa shape index (κ1) is 15.6. The van der Waals surface area contributed by atoms with Crippen molar-refractivity contribution in [2.45, 2.75) is 18.0 Å². The topological polar surface area (TPSA) is 48.4 Å². The van der Waals surface area contributed by atoms with Crippen molar-refractivity contribution < 1.29 is 0 Å². The number of H-pyrrole nitrogens is 1. The summed E-state index contributed by atoms with van der Waals surface area (Å²) in [5.41, 5.74) is 5.04. The third-order valence-electron chi connectivity index (χ3n) is 4.61. The third-order valence-corrected chi connectivity index (χ3v) is 6.66. The van der Waals surface area contributed by atoms with E-state index in [9.17, 15) is 0 Å². The molecule has 1 aliphatic rings. The van der Waals surface area contributed by atoms with E-state index in [4.69, 9.17) is 11.6 Å². The molecule has 5 rings (SSSR count). The Labute approximate surface area is 158 Å². The lowest BCUT2D eigenvalue weighted by atomic mass is 10.0. The number of hydrogen-bond donors (Lipinski definition) is 2. The van der Waals surface area contributed by atoms with E-state index in [-0.39, 0.29) is 0 Å². The van der Waals surface area contributed by atoms with Crippen molar-refractivity contribution in [1.29, 1.82) is 0 Å². The lowest BCUT2D eigenvalue weighted by Crippen LogP contribution is -2.26. The second kappa shape index (κ2) is 5.95. The predicted octanol–water partition coefficient (Wildman–Crippen LogP) is 4.64. The van der Waals surface area contributed by atoms with Crippen molar-refractivity contribution in [1.82, 2.24) is 19.3 Å². The molecule has 25 heavy (non-hydrogen) atoms. The summed E-state index contributed by atoms with van der Waals surface area (Å²) >= 11 is 9.32. The lowest BCUT2D eigenvalue weighted by molar-refractivity contribution is 0.310. The van der Waals surface area contributed by atoms with Crippen LogP contribution in [0.2, 0.25) is 5.15 Å². The zero-order valence-electron chi connectivity index (χ0n) is 13.5. The van der Waals surface area contributed by atoms with Crippen LogP contribution in [0.4, 0.5) is 5.69 Å². The zero-order valence-corrected chi connectivity index (χ0v) is 15.9. The Kier molecular flexibility index (Phi) is 3.71. The largest absolute Gasteiger partial charge is 0.357 e. The van der Waals surface area contributed by atoms with E-state index in [1.54, 1.807) is 11.3 Å². The molecule has 5 nitrogen and oxygen atoms in total. The van der Waals surface area contributed by atoms with E-state index in [0.29, 0.717) is 5.15 Å². The molecular weight excluding hydrogens is 374 g/mol. The molecule has 0 bridgehead atoms. The maximum absolute atomic E-state index is 6.26. The van der Waals surface area contributed by atoms with Crippen LogP contribution in [0.25, 0.3) is 15.9 Å². The van der Waals surface area contributed by atoms with Crippen LogP contribution in [-0.2, 0) is 13.0 Å². The number of anilines is 1. The van der Waals surface area contributed by atoms with Gasteiger partial charge in [0.1, 0.15) is 5.03 Å². The Hall–Kier alpha value is -1.67. The number of imidazole rings is 1. The number of hydrogen-bond acceptors (Lipinski definition) is 5. The molecule has 1 aliphatic heterocycles. The van der Waals surface area contributed by atoms with Crippen LogP contribution in [0.1, 0.15) is 11.3 Å². The molecule has 0 spiro atoms.